The van der Waals surface area contributed by atoms with Gasteiger partial charge in [-0.1, -0.05) is 387 Å². The Hall–Kier alpha value is -3.34. The van der Waals surface area contributed by atoms with E-state index in [1.165, 1.54) is 308 Å². The van der Waals surface area contributed by atoms with Crippen LogP contribution in [0.5, 0.6) is 0 Å². The van der Waals surface area contributed by atoms with Crippen molar-refractivity contribution in [3.63, 3.8) is 0 Å². The summed E-state index contributed by atoms with van der Waals surface area (Å²) >= 11 is 0. The minimum atomic E-state index is -1.12. The number of unbranched alkanes of at least 4 members (excludes halogenated alkanes) is 56. The number of ketones is 2. The highest BCUT2D eigenvalue weighted by atomic mass is 35.5. The molecule has 0 aromatic heterocycles. The molecule has 0 aliphatic rings. The van der Waals surface area contributed by atoms with Crippen molar-refractivity contribution < 1.29 is 104 Å². The average Bonchev–Trinajstić information content (AvgIpc) is 1.12. The van der Waals surface area contributed by atoms with Gasteiger partial charge in [0.2, 0.25) is 0 Å². The first-order valence-corrected chi connectivity index (χ1v) is 44.4. The first-order valence-electron chi connectivity index (χ1n) is 44.4. The number of carbonyl (C=O) groups excluding carboxylic acids is 6. The largest absolute Gasteiger partial charge is 1.00 e. The lowest BCUT2D eigenvalue weighted by Crippen LogP contribution is -3.00. The molecule has 0 bridgehead atoms. The second-order valence-corrected chi connectivity index (χ2v) is 31.0. The third-order valence-corrected chi connectivity index (χ3v) is 20.6. The highest BCUT2D eigenvalue weighted by Crippen LogP contribution is 2.21. The summed E-state index contributed by atoms with van der Waals surface area (Å²) in [4.78, 5) is 97.0. The number of hydrogen-bond acceptors (Lipinski definition) is 12. The second-order valence-electron chi connectivity index (χ2n) is 31.0. The molecule has 0 aliphatic carbocycles. The van der Waals surface area contributed by atoms with Gasteiger partial charge in [0, 0.05) is 38.5 Å². The quantitative estimate of drug-likeness (QED) is 0.0251. The van der Waals surface area contributed by atoms with Crippen LogP contribution in [0.1, 0.15) is 477 Å². The van der Waals surface area contributed by atoms with Gasteiger partial charge in [0.15, 0.2) is 17.9 Å². The molecule has 4 unspecified atom stereocenters. The fraction of sp³-hybridized carbons (Fsp3) is 0.909. The molecular formula is C88H168Cl2N2O14. The lowest BCUT2D eigenvalue weighted by Gasteiger charge is -2.18. The number of hydrogen-bond donors (Lipinski definition) is 4. The van der Waals surface area contributed by atoms with E-state index in [-0.39, 0.29) is 112 Å². The molecule has 16 nitrogen and oxygen atoms in total. The Kier molecular flexibility index (Phi) is 89.7. The van der Waals surface area contributed by atoms with E-state index in [0.29, 0.717) is 25.7 Å². The number of halogens is 2. The van der Waals surface area contributed by atoms with Crippen LogP contribution >= 0.6 is 0 Å². The standard InChI is InChI=1S/2C44H83NO7.2ClH/c1-3-5-7-9-11-13-15-17-19-21-23-25-27-29-31-33-43(49)51-38-39(35-36-41(46)40(45)37-42(47)48)52-44(50)34-32-30-28-26-24-22-20-18-16-14-12-10-8-6-4-2;1-3-5-7-9-11-13-15-17-19-21-23-25-27-29-31-33-42(47)51-38-40(36-35-39(46)37-41(45)44(49)50)52-43(48)34-32-30-28-26-24-22-20-18-16-14-12-10-8-6-4-2;;/h39-40H,3-38,45H2,1-2H3,(H,47,48);40-41H,3-38,45H2,1-2H3,(H,49,50);2*1H. The molecule has 0 rings (SSSR count). The van der Waals surface area contributed by atoms with Gasteiger partial charge in [-0.15, -0.1) is 0 Å². The van der Waals surface area contributed by atoms with Gasteiger partial charge in [-0.25, -0.2) is 4.79 Å². The van der Waals surface area contributed by atoms with Gasteiger partial charge in [0.05, 0.1) is 6.42 Å². The summed E-state index contributed by atoms with van der Waals surface area (Å²) in [7, 11) is 0. The zero-order valence-electron chi connectivity index (χ0n) is 69.2. The first kappa shape index (κ1) is 109. The number of rotatable bonds is 82. The van der Waals surface area contributed by atoms with Gasteiger partial charge >= 0.3 is 35.8 Å². The van der Waals surface area contributed by atoms with E-state index in [2.05, 4.69) is 39.2 Å². The number of aliphatic carboxylic acids is 2. The van der Waals surface area contributed by atoms with E-state index in [1.807, 2.05) is 0 Å². The molecule has 18 heteroatoms. The topological polar surface area (TPSA) is 269 Å². The molecule has 8 N–H and O–H groups in total. The Morgan fingerprint density at radius 1 is 0.264 bits per heavy atom. The minimum Gasteiger partial charge on any atom is -1.00 e. The smallest absolute Gasteiger partial charge is 0.362 e. The number of esters is 4. The van der Waals surface area contributed by atoms with E-state index < -0.39 is 36.2 Å². The fourth-order valence-corrected chi connectivity index (χ4v) is 13.5. The predicted molar refractivity (Wildman–Crippen MR) is 426 cm³/mol. The van der Waals surface area contributed by atoms with E-state index in [1.54, 1.807) is 0 Å². The number of carboxylic acid groups (broad SMARTS) is 2. The molecule has 0 amide bonds. The van der Waals surface area contributed by atoms with Gasteiger partial charge < -0.3 is 65.4 Å². The Morgan fingerprint density at radius 3 is 0.689 bits per heavy atom. The Balaban J connectivity index is -0.000000963. The summed E-state index contributed by atoms with van der Waals surface area (Å²) in [6.07, 6.45) is 75.2. The van der Waals surface area contributed by atoms with Gasteiger partial charge in [0.1, 0.15) is 37.6 Å². The summed E-state index contributed by atoms with van der Waals surface area (Å²) in [5, 5.41) is 18.1. The van der Waals surface area contributed by atoms with Gasteiger partial charge in [-0.05, 0) is 38.5 Å². The Bertz CT molecular complexity index is 1980. The van der Waals surface area contributed by atoms with Crippen LogP contribution in [-0.4, -0.2) is 95.1 Å². The predicted octanol–water partition coefficient (Wildman–Crippen LogP) is 16.8. The maximum atomic E-state index is 12.6. The van der Waals surface area contributed by atoms with Crippen LogP contribution in [0, 0.1) is 0 Å². The fourth-order valence-electron chi connectivity index (χ4n) is 13.5. The van der Waals surface area contributed by atoms with Crippen molar-refractivity contribution in [2.75, 3.05) is 13.2 Å². The molecule has 106 heavy (non-hydrogen) atoms. The lowest BCUT2D eigenvalue weighted by atomic mass is 10.0. The highest BCUT2D eigenvalue weighted by Gasteiger charge is 2.26. The Labute approximate surface area is 662 Å². The van der Waals surface area contributed by atoms with Crippen molar-refractivity contribution >= 4 is 47.4 Å². The van der Waals surface area contributed by atoms with Crippen LogP contribution in [-0.2, 0) is 57.3 Å². The lowest BCUT2D eigenvalue weighted by molar-refractivity contribution is -0.406. The van der Waals surface area contributed by atoms with E-state index >= 15 is 0 Å². The molecule has 0 radical (unpaired) electrons. The van der Waals surface area contributed by atoms with Crippen molar-refractivity contribution in [1.29, 1.82) is 0 Å². The minimum absolute atomic E-state index is 0. The summed E-state index contributed by atoms with van der Waals surface area (Å²) < 4.78 is 22.3. The molecule has 0 saturated carbocycles. The summed E-state index contributed by atoms with van der Waals surface area (Å²) in [5.74, 6) is -4.06. The highest BCUT2D eigenvalue weighted by molar-refractivity contribution is 5.86. The number of ether oxygens (including phenoxy) is 4. The molecule has 628 valence electrons. The molecule has 0 aromatic carbocycles. The SMILES string of the molecule is CCCCCCCCCCCCCCCCCC(=O)OCC(CCC(=O)C([NH3+])CC(=O)O)OC(=O)CCCCCCCCCCCCCCCCC.CCCCCCCCCCCCCCCCCC(=O)OCC(CCC(=O)CC([NH3+])C(=O)O)OC(=O)CCCCCCCCCCCCCCCCC.[Cl-].[Cl-]. The number of carboxylic acids is 2. The second kappa shape index (κ2) is 87.2. The van der Waals surface area contributed by atoms with Crippen molar-refractivity contribution in [3.05, 3.63) is 0 Å². The number of quaternary nitrogens is 2. The third-order valence-electron chi connectivity index (χ3n) is 20.6. The molecule has 0 aliphatic heterocycles. The summed E-state index contributed by atoms with van der Waals surface area (Å²) in [6, 6.07) is -1.87. The Morgan fingerprint density at radius 2 is 0.472 bits per heavy atom. The molecular weight excluding hydrogens is 1380 g/mol. The van der Waals surface area contributed by atoms with Gasteiger partial charge in [-0.3, -0.25) is 33.6 Å². The molecule has 0 aromatic rings. The summed E-state index contributed by atoms with van der Waals surface area (Å²) in [6.45, 7) is 8.87. The number of carbonyl (C=O) groups is 8. The monoisotopic (exact) mass is 1550 g/mol. The summed E-state index contributed by atoms with van der Waals surface area (Å²) in [5.41, 5.74) is 7.17. The maximum Gasteiger partial charge on any atom is 0.362 e. The third kappa shape index (κ3) is 84.7. The van der Waals surface area contributed by atoms with Crippen LogP contribution < -0.4 is 36.3 Å². The van der Waals surface area contributed by atoms with Crippen LogP contribution in [0.15, 0.2) is 0 Å². The van der Waals surface area contributed by atoms with Crippen LogP contribution in [0.2, 0.25) is 0 Å². The van der Waals surface area contributed by atoms with E-state index in [4.69, 9.17) is 29.2 Å². The van der Waals surface area contributed by atoms with Crippen molar-refractivity contribution in [3.8, 4) is 0 Å². The zero-order chi connectivity index (χ0) is 76.7. The molecule has 0 saturated heterocycles. The van der Waals surface area contributed by atoms with Gasteiger partial charge in [-0.2, -0.15) is 0 Å². The van der Waals surface area contributed by atoms with E-state index in [9.17, 15) is 38.4 Å². The zero-order valence-corrected chi connectivity index (χ0v) is 70.7. The first-order chi connectivity index (χ1) is 50.6. The molecule has 0 spiro atoms. The van der Waals surface area contributed by atoms with Crippen LogP contribution in [0.4, 0.5) is 0 Å². The van der Waals surface area contributed by atoms with Crippen molar-refractivity contribution in [1.82, 2.24) is 0 Å². The number of Topliss-reactive ketones (excluding diaryl/α,β-unsaturated/α-hetero) is 2. The van der Waals surface area contributed by atoms with Gasteiger partial charge in [0.25, 0.3) is 0 Å². The van der Waals surface area contributed by atoms with Crippen LogP contribution in [0.25, 0.3) is 0 Å². The molecule has 0 fully saturated rings. The van der Waals surface area contributed by atoms with Crippen molar-refractivity contribution in [2.24, 2.45) is 0 Å². The molecule has 4 atom stereocenters. The molecule has 0 heterocycles. The van der Waals surface area contributed by atoms with Crippen molar-refractivity contribution in [2.45, 2.75) is 501 Å². The van der Waals surface area contributed by atoms with Crippen LogP contribution in [0.3, 0.4) is 0 Å². The van der Waals surface area contributed by atoms with E-state index in [0.717, 1.165) is 77.0 Å². The average molecular weight is 1550 g/mol. The normalized spacial score (nSPS) is 12.2. The maximum absolute atomic E-state index is 12.6.